The van der Waals surface area contributed by atoms with Crippen molar-refractivity contribution in [2.75, 3.05) is 20.8 Å². The first-order chi connectivity index (χ1) is 9.12. The third-order valence-corrected chi connectivity index (χ3v) is 4.71. The molecule has 0 aromatic carbocycles. The van der Waals surface area contributed by atoms with Crippen LogP contribution in [0.4, 0.5) is 0 Å². The van der Waals surface area contributed by atoms with Crippen molar-refractivity contribution in [3.8, 4) is 0 Å². The second-order valence-electron chi connectivity index (χ2n) is 6.19. The minimum Gasteiger partial charge on any atom is -0.468 e. The lowest BCUT2D eigenvalue weighted by Crippen LogP contribution is -2.57. The van der Waals surface area contributed by atoms with Crippen molar-refractivity contribution in [1.29, 1.82) is 0 Å². The maximum absolute atomic E-state index is 12.1. The number of carbonyl (C=O) groups is 1. The molecule has 0 heterocycles. The molecule has 2 saturated carbocycles. The highest BCUT2D eigenvalue weighted by molar-refractivity contribution is 5.82. The van der Waals surface area contributed by atoms with Crippen molar-refractivity contribution < 1.29 is 14.3 Å². The van der Waals surface area contributed by atoms with E-state index in [0.717, 1.165) is 31.6 Å². The average molecular weight is 269 g/mol. The summed E-state index contributed by atoms with van der Waals surface area (Å²) in [5.74, 6) is 0.925. The molecular weight excluding hydrogens is 242 g/mol. The molecule has 0 spiro atoms. The molecule has 4 nitrogen and oxygen atoms in total. The summed E-state index contributed by atoms with van der Waals surface area (Å²) in [4.78, 5) is 12.1. The lowest BCUT2D eigenvalue weighted by atomic mass is 9.88. The van der Waals surface area contributed by atoms with Gasteiger partial charge in [-0.15, -0.1) is 0 Å². The van der Waals surface area contributed by atoms with Crippen molar-refractivity contribution in [1.82, 2.24) is 5.32 Å². The van der Waals surface area contributed by atoms with Crippen LogP contribution in [0.25, 0.3) is 0 Å². The Morgan fingerprint density at radius 1 is 1.32 bits per heavy atom. The van der Waals surface area contributed by atoms with E-state index in [-0.39, 0.29) is 5.97 Å². The predicted octanol–water partition coefficient (Wildman–Crippen LogP) is 2.12. The van der Waals surface area contributed by atoms with Crippen LogP contribution in [0.1, 0.15) is 45.4 Å². The van der Waals surface area contributed by atoms with Gasteiger partial charge >= 0.3 is 5.97 Å². The molecule has 2 aliphatic carbocycles. The molecule has 2 aliphatic rings. The lowest BCUT2D eigenvalue weighted by Gasteiger charge is -2.34. The van der Waals surface area contributed by atoms with Gasteiger partial charge in [0.05, 0.1) is 19.8 Å². The summed E-state index contributed by atoms with van der Waals surface area (Å²) < 4.78 is 11.1. The molecule has 0 bridgehead atoms. The van der Waals surface area contributed by atoms with Gasteiger partial charge in [-0.2, -0.15) is 0 Å². The minimum absolute atomic E-state index is 0.179. The van der Waals surface area contributed by atoms with Gasteiger partial charge in [0.1, 0.15) is 5.54 Å². The summed E-state index contributed by atoms with van der Waals surface area (Å²) in [5.41, 5.74) is -0.630. The van der Waals surface area contributed by atoms with E-state index in [4.69, 9.17) is 9.47 Å². The lowest BCUT2D eigenvalue weighted by molar-refractivity contribution is -0.154. The zero-order valence-electron chi connectivity index (χ0n) is 12.4. The fourth-order valence-corrected chi connectivity index (χ4v) is 3.26. The number of rotatable bonds is 6. The first kappa shape index (κ1) is 14.8. The Kier molecular flexibility index (Phi) is 4.85. The van der Waals surface area contributed by atoms with Gasteiger partial charge in [0.2, 0.25) is 0 Å². The van der Waals surface area contributed by atoms with Crippen molar-refractivity contribution in [2.45, 2.75) is 57.1 Å². The Bertz CT molecular complexity index is 317. The van der Waals surface area contributed by atoms with Gasteiger partial charge in [0.15, 0.2) is 0 Å². The molecule has 110 valence electrons. The maximum Gasteiger partial charge on any atom is 0.328 e. The van der Waals surface area contributed by atoms with E-state index < -0.39 is 5.54 Å². The maximum atomic E-state index is 12.1. The number of likely N-dealkylation sites (N-methyl/N-ethyl adjacent to an activating group) is 1. The highest BCUT2D eigenvalue weighted by Crippen LogP contribution is 2.41. The summed E-state index contributed by atoms with van der Waals surface area (Å²) in [6.07, 6.45) is 7.25. The Morgan fingerprint density at radius 2 is 2.05 bits per heavy atom. The third kappa shape index (κ3) is 3.29. The van der Waals surface area contributed by atoms with Crippen LogP contribution in [-0.4, -0.2) is 38.4 Å². The standard InChI is InChI=1S/C15H27NO3/c1-11-5-4-6-13(9-11)19-10-15(16-2,12-7-8-12)14(17)18-3/h11-13,16H,4-10H2,1-3H3. The van der Waals surface area contributed by atoms with E-state index >= 15 is 0 Å². The van der Waals surface area contributed by atoms with Gasteiger partial charge in [0.25, 0.3) is 0 Å². The summed E-state index contributed by atoms with van der Waals surface area (Å²) in [7, 11) is 3.29. The molecule has 3 unspecified atom stereocenters. The molecule has 0 radical (unpaired) electrons. The predicted molar refractivity (Wildman–Crippen MR) is 73.9 cm³/mol. The molecule has 0 aromatic rings. The monoisotopic (exact) mass is 269 g/mol. The van der Waals surface area contributed by atoms with E-state index in [2.05, 4.69) is 12.2 Å². The van der Waals surface area contributed by atoms with Crippen LogP contribution >= 0.6 is 0 Å². The first-order valence-electron chi connectivity index (χ1n) is 7.51. The number of esters is 1. The van der Waals surface area contributed by atoms with Crippen molar-refractivity contribution in [3.05, 3.63) is 0 Å². The van der Waals surface area contributed by atoms with Crippen LogP contribution in [0.3, 0.4) is 0 Å². The van der Waals surface area contributed by atoms with Gasteiger partial charge in [0, 0.05) is 0 Å². The number of ether oxygens (including phenoxy) is 2. The Balaban J connectivity index is 1.94. The zero-order chi connectivity index (χ0) is 13.9. The molecule has 4 heteroatoms. The fraction of sp³-hybridized carbons (Fsp3) is 0.933. The Hall–Kier alpha value is -0.610. The van der Waals surface area contributed by atoms with Crippen molar-refractivity contribution in [3.63, 3.8) is 0 Å². The molecule has 2 rings (SSSR count). The van der Waals surface area contributed by atoms with Crippen molar-refractivity contribution >= 4 is 5.97 Å². The van der Waals surface area contributed by atoms with E-state index in [9.17, 15) is 4.79 Å². The topological polar surface area (TPSA) is 47.6 Å². The first-order valence-corrected chi connectivity index (χ1v) is 7.51. The second kappa shape index (κ2) is 6.23. The summed E-state index contributed by atoms with van der Waals surface area (Å²) >= 11 is 0. The second-order valence-corrected chi connectivity index (χ2v) is 6.19. The molecule has 0 saturated heterocycles. The van der Waals surface area contributed by atoms with E-state index in [1.807, 2.05) is 7.05 Å². The van der Waals surface area contributed by atoms with Crippen molar-refractivity contribution in [2.24, 2.45) is 11.8 Å². The van der Waals surface area contributed by atoms with Gasteiger partial charge < -0.3 is 14.8 Å². The van der Waals surface area contributed by atoms with Crippen LogP contribution in [0, 0.1) is 11.8 Å². The van der Waals surface area contributed by atoms with E-state index in [1.54, 1.807) is 0 Å². The Labute approximate surface area is 116 Å². The molecule has 19 heavy (non-hydrogen) atoms. The SMILES string of the molecule is CNC(COC1CCCC(C)C1)(C(=O)OC)C1CC1. The quantitative estimate of drug-likeness (QED) is 0.750. The fourth-order valence-electron chi connectivity index (χ4n) is 3.26. The van der Waals surface area contributed by atoms with E-state index in [1.165, 1.54) is 20.0 Å². The normalized spacial score (nSPS) is 30.7. The third-order valence-electron chi connectivity index (χ3n) is 4.71. The highest BCUT2D eigenvalue weighted by atomic mass is 16.5. The number of methoxy groups -OCH3 is 1. The smallest absolute Gasteiger partial charge is 0.328 e. The molecule has 2 fully saturated rings. The molecule has 0 amide bonds. The summed E-state index contributed by atoms with van der Waals surface area (Å²) in [6, 6.07) is 0. The van der Waals surface area contributed by atoms with Gasteiger partial charge in [-0.3, -0.25) is 0 Å². The molecule has 3 atom stereocenters. The highest BCUT2D eigenvalue weighted by Gasteiger charge is 2.51. The van der Waals surface area contributed by atoms with Crippen LogP contribution in [0.15, 0.2) is 0 Å². The molecule has 0 aromatic heterocycles. The molecular formula is C15H27NO3. The van der Waals surface area contributed by atoms with Gasteiger partial charge in [-0.25, -0.2) is 4.79 Å². The zero-order valence-corrected chi connectivity index (χ0v) is 12.4. The van der Waals surface area contributed by atoms with Gasteiger partial charge in [-0.05, 0) is 44.6 Å². The average Bonchev–Trinajstić information content (AvgIpc) is 3.24. The molecule has 0 aliphatic heterocycles. The summed E-state index contributed by atoms with van der Waals surface area (Å²) in [5, 5.41) is 3.18. The van der Waals surface area contributed by atoms with Gasteiger partial charge in [-0.1, -0.05) is 19.8 Å². The summed E-state index contributed by atoms with van der Waals surface area (Å²) in [6.45, 7) is 2.72. The number of nitrogens with one attached hydrogen (secondary N) is 1. The van der Waals surface area contributed by atoms with Crippen LogP contribution in [0.2, 0.25) is 0 Å². The molecule has 1 N–H and O–H groups in total. The van der Waals surface area contributed by atoms with E-state index in [0.29, 0.717) is 18.6 Å². The van der Waals surface area contributed by atoms with Crippen LogP contribution in [-0.2, 0) is 14.3 Å². The number of carbonyl (C=O) groups excluding carboxylic acids is 1. The van der Waals surface area contributed by atoms with Crippen LogP contribution in [0.5, 0.6) is 0 Å². The Morgan fingerprint density at radius 3 is 2.58 bits per heavy atom. The number of hydrogen-bond donors (Lipinski definition) is 1. The van der Waals surface area contributed by atoms with Crippen LogP contribution < -0.4 is 5.32 Å². The largest absolute Gasteiger partial charge is 0.468 e. The minimum atomic E-state index is -0.630. The number of hydrogen-bond acceptors (Lipinski definition) is 4.